The van der Waals surface area contributed by atoms with Gasteiger partial charge >= 0.3 is 6.18 Å². The van der Waals surface area contributed by atoms with Gasteiger partial charge in [0, 0.05) is 18.3 Å². The van der Waals surface area contributed by atoms with E-state index in [9.17, 15) is 26.7 Å². The van der Waals surface area contributed by atoms with Crippen molar-refractivity contribution in [1.82, 2.24) is 19.9 Å². The molecule has 2 aliphatic heterocycles. The first kappa shape index (κ1) is 23.6. The number of rotatable bonds is 4. The van der Waals surface area contributed by atoms with Crippen LogP contribution in [0.2, 0.25) is 5.02 Å². The van der Waals surface area contributed by atoms with Gasteiger partial charge in [-0.1, -0.05) is 17.7 Å². The summed E-state index contributed by atoms with van der Waals surface area (Å²) >= 11 is 6.10. The van der Waals surface area contributed by atoms with Crippen LogP contribution in [0.1, 0.15) is 40.9 Å². The summed E-state index contributed by atoms with van der Waals surface area (Å²) in [4.78, 5) is 26.9. The van der Waals surface area contributed by atoms with E-state index in [-0.39, 0.29) is 40.0 Å². The lowest BCUT2D eigenvalue weighted by molar-refractivity contribution is -0.137. The van der Waals surface area contributed by atoms with E-state index in [0.29, 0.717) is 25.0 Å². The molecular weight excluding hydrogens is 491 g/mol. The molecular formula is C24H18ClF5N4O. The number of pyridine rings is 1. The molecule has 35 heavy (non-hydrogen) atoms. The molecule has 5 nitrogen and oxygen atoms in total. The second-order valence-corrected chi connectivity index (χ2v) is 9.16. The molecule has 1 amide bonds. The zero-order chi connectivity index (χ0) is 24.9. The Hall–Kier alpha value is -3.14. The van der Waals surface area contributed by atoms with E-state index in [1.807, 2.05) is 0 Å². The van der Waals surface area contributed by atoms with Crippen molar-refractivity contribution in [1.29, 1.82) is 0 Å². The number of fused-ring (bicyclic) bond motifs is 2. The molecule has 0 N–H and O–H groups in total. The molecule has 0 spiro atoms. The van der Waals surface area contributed by atoms with E-state index >= 15 is 0 Å². The van der Waals surface area contributed by atoms with Crippen LogP contribution >= 0.6 is 11.6 Å². The minimum Gasteiger partial charge on any atom is -0.332 e. The lowest BCUT2D eigenvalue weighted by Crippen LogP contribution is -2.37. The topological polar surface area (TPSA) is 59.0 Å². The van der Waals surface area contributed by atoms with Crippen LogP contribution in [0.25, 0.3) is 11.4 Å². The molecule has 2 aliphatic rings. The largest absolute Gasteiger partial charge is 0.417 e. The van der Waals surface area contributed by atoms with Gasteiger partial charge in [0.25, 0.3) is 5.91 Å². The number of nitrogens with zero attached hydrogens (tertiary/aromatic N) is 4. The number of halogens is 6. The number of hydrogen-bond acceptors (Lipinski definition) is 4. The van der Waals surface area contributed by atoms with Crippen LogP contribution in [0.5, 0.6) is 0 Å². The number of hydrogen-bond donors (Lipinski definition) is 0. The number of aromatic nitrogens is 3. The first-order valence-electron chi connectivity index (χ1n) is 10.9. The third-order valence-electron chi connectivity index (χ3n) is 6.69. The lowest BCUT2D eigenvalue weighted by Gasteiger charge is -2.25. The van der Waals surface area contributed by atoms with E-state index in [1.54, 1.807) is 4.90 Å². The average molecular weight is 509 g/mol. The monoisotopic (exact) mass is 508 g/mol. The summed E-state index contributed by atoms with van der Waals surface area (Å²) in [6.45, 7) is 0. The van der Waals surface area contributed by atoms with Gasteiger partial charge in [-0.2, -0.15) is 13.2 Å². The van der Waals surface area contributed by atoms with Crippen LogP contribution in [-0.4, -0.2) is 37.8 Å². The van der Waals surface area contributed by atoms with Crippen molar-refractivity contribution in [3.63, 3.8) is 0 Å². The Labute approximate surface area is 202 Å². The lowest BCUT2D eigenvalue weighted by atomic mass is 9.86. The fourth-order valence-corrected chi connectivity index (χ4v) is 5.42. The normalized spacial score (nSPS) is 21.5. The number of carbonyl (C=O) groups is 1. The zero-order valence-electron chi connectivity index (χ0n) is 18.1. The van der Waals surface area contributed by atoms with Crippen molar-refractivity contribution in [3.8, 4) is 11.4 Å². The van der Waals surface area contributed by atoms with Crippen LogP contribution in [0, 0.1) is 17.6 Å². The van der Waals surface area contributed by atoms with E-state index in [0.717, 1.165) is 31.1 Å². The maximum atomic E-state index is 14.8. The summed E-state index contributed by atoms with van der Waals surface area (Å²) < 4.78 is 66.9. The predicted octanol–water partition coefficient (Wildman–Crippen LogP) is 5.72. The molecule has 11 heteroatoms. The Morgan fingerprint density at radius 1 is 1.09 bits per heavy atom. The van der Waals surface area contributed by atoms with Gasteiger partial charge in [0.15, 0.2) is 11.6 Å². The number of amides is 1. The van der Waals surface area contributed by atoms with Crippen molar-refractivity contribution in [2.24, 2.45) is 5.92 Å². The van der Waals surface area contributed by atoms with E-state index in [1.165, 1.54) is 18.2 Å². The summed E-state index contributed by atoms with van der Waals surface area (Å²) in [5.41, 5.74) is -0.610. The molecule has 5 rings (SSSR count). The number of alkyl halides is 3. The number of carbonyl (C=O) groups excluding carboxylic acids is 1. The Balaban J connectivity index is 1.41. The minimum atomic E-state index is -4.54. The van der Waals surface area contributed by atoms with Crippen molar-refractivity contribution in [3.05, 3.63) is 76.3 Å². The van der Waals surface area contributed by atoms with Crippen molar-refractivity contribution in [2.75, 3.05) is 0 Å². The molecule has 0 saturated carbocycles. The first-order chi connectivity index (χ1) is 16.6. The van der Waals surface area contributed by atoms with Crippen molar-refractivity contribution < 1.29 is 26.7 Å². The van der Waals surface area contributed by atoms with Gasteiger partial charge < -0.3 is 4.90 Å². The molecule has 2 fully saturated rings. The van der Waals surface area contributed by atoms with Gasteiger partial charge in [-0.25, -0.2) is 18.7 Å². The third kappa shape index (κ3) is 4.35. The maximum Gasteiger partial charge on any atom is 0.417 e. The first-order valence-corrected chi connectivity index (χ1v) is 11.3. The molecule has 0 aliphatic carbocycles. The van der Waals surface area contributed by atoms with Crippen molar-refractivity contribution >= 4 is 17.5 Å². The highest BCUT2D eigenvalue weighted by molar-refractivity contribution is 6.31. The van der Waals surface area contributed by atoms with Crippen LogP contribution < -0.4 is 0 Å². The average Bonchev–Trinajstić information content (AvgIpc) is 3.37. The van der Waals surface area contributed by atoms with E-state index in [2.05, 4.69) is 15.0 Å². The molecule has 2 aromatic heterocycles. The Bertz CT molecular complexity index is 1280. The minimum absolute atomic E-state index is 0.0569. The summed E-state index contributed by atoms with van der Waals surface area (Å²) in [5, 5.41) is -0.0682. The van der Waals surface area contributed by atoms with Crippen LogP contribution in [-0.2, 0) is 12.6 Å². The molecule has 3 unspecified atom stereocenters. The SMILES string of the molecule is O=C(c1cccc(F)c1-c1ncc(F)cn1)N1C2CCC1C(Cc1ncc(C(F)(F)F)cc1Cl)C2. The van der Waals surface area contributed by atoms with E-state index in [4.69, 9.17) is 11.6 Å². The van der Waals surface area contributed by atoms with Gasteiger partial charge in [0.05, 0.1) is 39.8 Å². The standard InChI is InChI=1S/C24H18ClF5N4O/c25-17-8-13(24(28,29)30)9-31-19(17)7-12-6-15-4-5-20(12)34(15)23(35)16-2-1-3-18(27)21(16)22-32-10-14(26)11-33-22/h1-3,8-12,15,20H,4-7H2. The Kier molecular flexibility index (Phi) is 5.94. The van der Waals surface area contributed by atoms with Gasteiger partial charge in [0.1, 0.15) is 5.82 Å². The Morgan fingerprint density at radius 3 is 2.51 bits per heavy atom. The van der Waals surface area contributed by atoms with Gasteiger partial charge in [-0.15, -0.1) is 0 Å². The fraction of sp³-hybridized carbons (Fsp3) is 0.333. The zero-order valence-corrected chi connectivity index (χ0v) is 18.8. The highest BCUT2D eigenvalue weighted by Gasteiger charge is 2.49. The molecule has 1 aromatic carbocycles. The summed E-state index contributed by atoms with van der Waals surface area (Å²) in [6, 6.07) is 4.64. The quantitative estimate of drug-likeness (QED) is 0.423. The molecule has 4 heterocycles. The highest BCUT2D eigenvalue weighted by atomic mass is 35.5. The van der Waals surface area contributed by atoms with Gasteiger partial charge in [0.2, 0.25) is 0 Å². The molecule has 2 bridgehead atoms. The summed E-state index contributed by atoms with van der Waals surface area (Å²) in [5.74, 6) is -1.94. The molecule has 2 saturated heterocycles. The summed E-state index contributed by atoms with van der Waals surface area (Å²) in [7, 11) is 0. The van der Waals surface area contributed by atoms with Crippen molar-refractivity contribution in [2.45, 2.75) is 43.9 Å². The van der Waals surface area contributed by atoms with Crippen LogP contribution in [0.4, 0.5) is 22.0 Å². The Morgan fingerprint density at radius 2 is 1.83 bits per heavy atom. The smallest absolute Gasteiger partial charge is 0.332 e. The predicted molar refractivity (Wildman–Crippen MR) is 116 cm³/mol. The third-order valence-corrected chi connectivity index (χ3v) is 7.02. The molecule has 3 aromatic rings. The van der Waals surface area contributed by atoms with Gasteiger partial charge in [-0.05, 0) is 49.8 Å². The van der Waals surface area contributed by atoms with Gasteiger partial charge in [-0.3, -0.25) is 9.78 Å². The van der Waals surface area contributed by atoms with E-state index < -0.39 is 29.3 Å². The maximum absolute atomic E-state index is 14.8. The number of benzene rings is 1. The second kappa shape index (κ2) is 8.82. The fourth-order valence-electron chi connectivity index (χ4n) is 5.18. The second-order valence-electron chi connectivity index (χ2n) is 8.75. The molecule has 0 radical (unpaired) electrons. The molecule has 3 atom stereocenters. The van der Waals surface area contributed by atoms with Crippen LogP contribution in [0.3, 0.4) is 0 Å². The highest BCUT2D eigenvalue weighted by Crippen LogP contribution is 2.45. The summed E-state index contributed by atoms with van der Waals surface area (Å²) in [6.07, 6.45) is 0.446. The molecule has 182 valence electrons. The van der Waals surface area contributed by atoms with Crippen LogP contribution in [0.15, 0.2) is 42.9 Å².